The molecule has 1 aliphatic heterocycles. The highest BCUT2D eigenvalue weighted by molar-refractivity contribution is 5.64. The molecule has 2 heterocycles. The van der Waals surface area contributed by atoms with Crippen molar-refractivity contribution < 1.29 is 4.74 Å². The Labute approximate surface area is 119 Å². The second kappa shape index (κ2) is 5.21. The standard InChI is InChI=1S/C16H19N3O/c1-10(2)15-12-8-17-9-13(12)18-16(19-15)11-6-4-5-7-14(11)20-3/h4-7,10,17H,8-9H2,1-3H3. The molecular formula is C16H19N3O. The molecule has 1 N–H and O–H groups in total. The molecule has 104 valence electrons. The van der Waals surface area contributed by atoms with Crippen molar-refractivity contribution in [3.8, 4) is 17.1 Å². The lowest BCUT2D eigenvalue weighted by atomic mass is 10.0. The average Bonchev–Trinajstić information content (AvgIpc) is 2.94. The molecule has 0 saturated heterocycles. The molecule has 3 rings (SSSR count). The number of para-hydroxylation sites is 1. The number of nitrogens with zero attached hydrogens (tertiary/aromatic N) is 2. The average molecular weight is 269 g/mol. The van der Waals surface area contributed by atoms with Crippen molar-refractivity contribution >= 4 is 0 Å². The number of hydrogen-bond donors (Lipinski definition) is 1. The van der Waals surface area contributed by atoms with Gasteiger partial charge in [0, 0.05) is 18.7 Å². The van der Waals surface area contributed by atoms with Crippen LogP contribution in [0.3, 0.4) is 0 Å². The summed E-state index contributed by atoms with van der Waals surface area (Å²) in [6, 6.07) is 7.90. The third-order valence-corrected chi connectivity index (χ3v) is 3.61. The summed E-state index contributed by atoms with van der Waals surface area (Å²) < 4.78 is 5.42. The quantitative estimate of drug-likeness (QED) is 0.930. The van der Waals surface area contributed by atoms with E-state index in [1.54, 1.807) is 7.11 Å². The van der Waals surface area contributed by atoms with E-state index < -0.39 is 0 Å². The van der Waals surface area contributed by atoms with Crippen LogP contribution in [0.4, 0.5) is 0 Å². The van der Waals surface area contributed by atoms with Gasteiger partial charge in [0.05, 0.1) is 24.1 Å². The van der Waals surface area contributed by atoms with E-state index in [2.05, 4.69) is 19.2 Å². The number of ether oxygens (including phenoxy) is 1. The van der Waals surface area contributed by atoms with Crippen molar-refractivity contribution in [2.24, 2.45) is 0 Å². The fourth-order valence-electron chi connectivity index (χ4n) is 2.62. The Morgan fingerprint density at radius 2 is 1.95 bits per heavy atom. The zero-order valence-corrected chi connectivity index (χ0v) is 12.1. The van der Waals surface area contributed by atoms with Gasteiger partial charge in [-0.05, 0) is 18.1 Å². The molecule has 0 aliphatic carbocycles. The smallest absolute Gasteiger partial charge is 0.163 e. The summed E-state index contributed by atoms with van der Waals surface area (Å²) in [6.07, 6.45) is 0. The minimum atomic E-state index is 0.389. The Balaban J connectivity index is 2.17. The Hall–Kier alpha value is -1.94. The summed E-state index contributed by atoms with van der Waals surface area (Å²) in [5.74, 6) is 1.96. The van der Waals surface area contributed by atoms with Gasteiger partial charge in [-0.2, -0.15) is 0 Å². The third-order valence-electron chi connectivity index (χ3n) is 3.61. The van der Waals surface area contributed by atoms with Crippen molar-refractivity contribution in [2.75, 3.05) is 7.11 Å². The molecule has 0 radical (unpaired) electrons. The number of rotatable bonds is 3. The number of fused-ring (bicyclic) bond motifs is 1. The monoisotopic (exact) mass is 269 g/mol. The second-order valence-electron chi connectivity index (χ2n) is 5.32. The minimum absolute atomic E-state index is 0.389. The van der Waals surface area contributed by atoms with Crippen LogP contribution in [0.25, 0.3) is 11.4 Å². The number of hydrogen-bond acceptors (Lipinski definition) is 4. The van der Waals surface area contributed by atoms with Crippen LogP contribution in [0.15, 0.2) is 24.3 Å². The molecule has 1 aliphatic rings. The summed E-state index contributed by atoms with van der Waals surface area (Å²) in [7, 11) is 1.68. The van der Waals surface area contributed by atoms with Gasteiger partial charge in [0.25, 0.3) is 0 Å². The fourth-order valence-corrected chi connectivity index (χ4v) is 2.62. The maximum Gasteiger partial charge on any atom is 0.163 e. The summed E-state index contributed by atoms with van der Waals surface area (Å²) in [5.41, 5.74) is 4.47. The molecule has 0 unspecified atom stereocenters. The highest BCUT2D eigenvalue weighted by Gasteiger charge is 2.21. The predicted octanol–water partition coefficient (Wildman–Crippen LogP) is 2.88. The Morgan fingerprint density at radius 3 is 2.70 bits per heavy atom. The van der Waals surface area contributed by atoms with Crippen molar-refractivity contribution in [2.45, 2.75) is 32.9 Å². The van der Waals surface area contributed by atoms with E-state index in [4.69, 9.17) is 14.7 Å². The number of nitrogens with one attached hydrogen (secondary N) is 1. The molecular weight excluding hydrogens is 250 g/mol. The maximum absolute atomic E-state index is 5.42. The van der Waals surface area contributed by atoms with Gasteiger partial charge in [0.1, 0.15) is 5.75 Å². The highest BCUT2D eigenvalue weighted by Crippen LogP contribution is 2.31. The van der Waals surface area contributed by atoms with Crippen LogP contribution < -0.4 is 10.1 Å². The molecule has 0 atom stereocenters. The van der Waals surface area contributed by atoms with E-state index in [1.807, 2.05) is 24.3 Å². The van der Waals surface area contributed by atoms with Crippen LogP contribution in [0.2, 0.25) is 0 Å². The summed E-state index contributed by atoms with van der Waals surface area (Å²) >= 11 is 0. The molecule has 4 nitrogen and oxygen atoms in total. The summed E-state index contributed by atoms with van der Waals surface area (Å²) in [4.78, 5) is 9.51. The lowest BCUT2D eigenvalue weighted by Crippen LogP contribution is -2.05. The third kappa shape index (κ3) is 2.16. The lowest BCUT2D eigenvalue weighted by Gasteiger charge is -2.13. The molecule has 4 heteroatoms. The maximum atomic E-state index is 5.42. The molecule has 2 aromatic rings. The Bertz CT molecular complexity index is 638. The first kappa shape index (κ1) is 13.1. The van der Waals surface area contributed by atoms with Crippen molar-refractivity contribution in [1.82, 2.24) is 15.3 Å². The van der Waals surface area contributed by atoms with Gasteiger partial charge in [-0.1, -0.05) is 26.0 Å². The van der Waals surface area contributed by atoms with E-state index in [-0.39, 0.29) is 0 Å². The van der Waals surface area contributed by atoms with E-state index in [1.165, 1.54) is 5.56 Å². The van der Waals surface area contributed by atoms with Crippen LogP contribution in [0, 0.1) is 0 Å². The van der Waals surface area contributed by atoms with E-state index in [0.717, 1.165) is 41.6 Å². The van der Waals surface area contributed by atoms with Gasteiger partial charge in [0.2, 0.25) is 0 Å². The Kier molecular flexibility index (Phi) is 3.40. The van der Waals surface area contributed by atoms with Gasteiger partial charge in [0.15, 0.2) is 5.82 Å². The van der Waals surface area contributed by atoms with Gasteiger partial charge < -0.3 is 10.1 Å². The number of aromatic nitrogens is 2. The number of methoxy groups -OCH3 is 1. The normalized spacial score (nSPS) is 13.6. The van der Waals surface area contributed by atoms with Gasteiger partial charge in [-0.15, -0.1) is 0 Å². The van der Waals surface area contributed by atoms with Crippen molar-refractivity contribution in [3.63, 3.8) is 0 Å². The molecule has 0 saturated carbocycles. The first-order valence-corrected chi connectivity index (χ1v) is 6.94. The van der Waals surface area contributed by atoms with Crippen LogP contribution in [0.1, 0.15) is 36.7 Å². The molecule has 20 heavy (non-hydrogen) atoms. The lowest BCUT2D eigenvalue weighted by molar-refractivity contribution is 0.416. The second-order valence-corrected chi connectivity index (χ2v) is 5.32. The summed E-state index contributed by atoms with van der Waals surface area (Å²) in [6.45, 7) is 6.04. The first-order valence-electron chi connectivity index (χ1n) is 6.94. The van der Waals surface area contributed by atoms with E-state index in [9.17, 15) is 0 Å². The predicted molar refractivity (Wildman–Crippen MR) is 78.7 cm³/mol. The van der Waals surface area contributed by atoms with Gasteiger partial charge in [-0.3, -0.25) is 0 Å². The van der Waals surface area contributed by atoms with Crippen LogP contribution in [-0.4, -0.2) is 17.1 Å². The van der Waals surface area contributed by atoms with E-state index in [0.29, 0.717) is 5.92 Å². The van der Waals surface area contributed by atoms with Crippen molar-refractivity contribution in [3.05, 3.63) is 41.2 Å². The zero-order chi connectivity index (χ0) is 14.1. The van der Waals surface area contributed by atoms with Gasteiger partial charge >= 0.3 is 0 Å². The zero-order valence-electron chi connectivity index (χ0n) is 12.1. The molecule has 0 fully saturated rings. The van der Waals surface area contributed by atoms with Crippen LogP contribution >= 0.6 is 0 Å². The van der Waals surface area contributed by atoms with Crippen LogP contribution in [-0.2, 0) is 13.1 Å². The molecule has 1 aromatic carbocycles. The number of benzene rings is 1. The van der Waals surface area contributed by atoms with Gasteiger partial charge in [-0.25, -0.2) is 9.97 Å². The van der Waals surface area contributed by atoms with Crippen molar-refractivity contribution in [1.29, 1.82) is 0 Å². The topological polar surface area (TPSA) is 47.0 Å². The first-order chi connectivity index (χ1) is 9.70. The molecule has 0 spiro atoms. The Morgan fingerprint density at radius 1 is 1.15 bits per heavy atom. The molecule has 0 bridgehead atoms. The highest BCUT2D eigenvalue weighted by atomic mass is 16.5. The SMILES string of the molecule is COc1ccccc1-c1nc2c(c(C(C)C)n1)CNC2. The van der Waals surface area contributed by atoms with Crippen LogP contribution in [0.5, 0.6) is 5.75 Å². The fraction of sp³-hybridized carbons (Fsp3) is 0.375. The largest absolute Gasteiger partial charge is 0.496 e. The summed E-state index contributed by atoms with van der Waals surface area (Å²) in [5, 5.41) is 3.36. The molecule has 1 aromatic heterocycles. The molecule has 0 amide bonds. The minimum Gasteiger partial charge on any atom is -0.496 e. The van der Waals surface area contributed by atoms with E-state index >= 15 is 0 Å².